The Kier molecular flexibility index (Phi) is 4.16. The van der Waals surface area contributed by atoms with Gasteiger partial charge in [0.15, 0.2) is 5.76 Å². The summed E-state index contributed by atoms with van der Waals surface area (Å²) in [5, 5.41) is 13.7. The number of aliphatic hydroxyl groups excluding tert-OH is 1. The standard InChI is InChI=1S/C16H17F3N2O2/c1-10-5-14(23-20-10)9-21-8-13(22)7-15(21)11-3-2-4-12(6-11)16(17,18)19/h2-6,13,15,22H,7-9H2,1H3/t13-,15+/m1/s1. The summed E-state index contributed by atoms with van der Waals surface area (Å²) in [6.45, 7) is 2.59. The van der Waals surface area contributed by atoms with Crippen LogP contribution in [-0.4, -0.2) is 27.8 Å². The molecule has 1 aromatic carbocycles. The molecule has 4 nitrogen and oxygen atoms in total. The van der Waals surface area contributed by atoms with Gasteiger partial charge in [0.25, 0.3) is 0 Å². The number of rotatable bonds is 3. The molecule has 7 heteroatoms. The quantitative estimate of drug-likeness (QED) is 0.940. The minimum Gasteiger partial charge on any atom is -0.392 e. The first-order valence-electron chi connectivity index (χ1n) is 7.34. The molecule has 0 bridgehead atoms. The highest BCUT2D eigenvalue weighted by Gasteiger charge is 2.35. The van der Waals surface area contributed by atoms with Gasteiger partial charge in [-0.2, -0.15) is 13.2 Å². The van der Waals surface area contributed by atoms with Crippen molar-refractivity contribution in [2.24, 2.45) is 0 Å². The van der Waals surface area contributed by atoms with E-state index in [1.54, 1.807) is 19.1 Å². The van der Waals surface area contributed by atoms with E-state index < -0.39 is 17.8 Å². The van der Waals surface area contributed by atoms with Gasteiger partial charge >= 0.3 is 6.18 Å². The molecule has 0 amide bonds. The van der Waals surface area contributed by atoms with Crippen LogP contribution in [0.2, 0.25) is 0 Å². The van der Waals surface area contributed by atoms with Crippen molar-refractivity contribution in [3.8, 4) is 0 Å². The first kappa shape index (κ1) is 16.0. The van der Waals surface area contributed by atoms with Crippen molar-refractivity contribution in [2.75, 3.05) is 6.54 Å². The number of aromatic nitrogens is 1. The third-order valence-corrected chi connectivity index (χ3v) is 4.02. The number of alkyl halides is 3. The van der Waals surface area contributed by atoms with Crippen LogP contribution < -0.4 is 0 Å². The average Bonchev–Trinajstić information content (AvgIpc) is 3.04. The summed E-state index contributed by atoms with van der Waals surface area (Å²) < 4.78 is 43.8. The zero-order valence-corrected chi connectivity index (χ0v) is 12.5. The maximum Gasteiger partial charge on any atom is 0.416 e. The number of hydrogen-bond donors (Lipinski definition) is 1. The zero-order valence-electron chi connectivity index (χ0n) is 12.5. The molecule has 1 N–H and O–H groups in total. The van der Waals surface area contributed by atoms with Gasteiger partial charge in [-0.3, -0.25) is 4.90 Å². The Morgan fingerprint density at radius 3 is 2.78 bits per heavy atom. The smallest absolute Gasteiger partial charge is 0.392 e. The van der Waals surface area contributed by atoms with E-state index in [2.05, 4.69) is 5.16 Å². The van der Waals surface area contributed by atoms with Crippen LogP contribution >= 0.6 is 0 Å². The van der Waals surface area contributed by atoms with E-state index in [0.29, 0.717) is 30.8 Å². The van der Waals surface area contributed by atoms with Crippen LogP contribution in [0.4, 0.5) is 13.2 Å². The maximum atomic E-state index is 12.9. The third-order valence-electron chi connectivity index (χ3n) is 4.02. The van der Waals surface area contributed by atoms with Crippen molar-refractivity contribution < 1.29 is 22.8 Å². The summed E-state index contributed by atoms with van der Waals surface area (Å²) in [4.78, 5) is 1.92. The van der Waals surface area contributed by atoms with Crippen LogP contribution in [0.5, 0.6) is 0 Å². The molecule has 0 spiro atoms. The van der Waals surface area contributed by atoms with E-state index in [0.717, 1.165) is 17.8 Å². The van der Waals surface area contributed by atoms with Crippen LogP contribution in [0.25, 0.3) is 0 Å². The highest BCUT2D eigenvalue weighted by molar-refractivity contribution is 5.29. The lowest BCUT2D eigenvalue weighted by atomic mass is 10.0. The lowest BCUT2D eigenvalue weighted by molar-refractivity contribution is -0.137. The van der Waals surface area contributed by atoms with E-state index >= 15 is 0 Å². The molecule has 0 aliphatic carbocycles. The molecule has 2 heterocycles. The second-order valence-electron chi connectivity index (χ2n) is 5.89. The molecule has 124 valence electrons. The number of hydrogen-bond acceptors (Lipinski definition) is 4. The summed E-state index contributed by atoms with van der Waals surface area (Å²) in [5.41, 5.74) is 0.620. The maximum absolute atomic E-state index is 12.9. The molecule has 0 unspecified atom stereocenters. The molecule has 2 aromatic rings. The number of aryl methyl sites for hydroxylation is 1. The Bertz CT molecular complexity index is 684. The molecule has 3 rings (SSSR count). The van der Waals surface area contributed by atoms with Gasteiger partial charge in [0, 0.05) is 18.7 Å². The van der Waals surface area contributed by atoms with Gasteiger partial charge in [0.2, 0.25) is 0 Å². The van der Waals surface area contributed by atoms with Gasteiger partial charge < -0.3 is 9.63 Å². The average molecular weight is 326 g/mol. The van der Waals surface area contributed by atoms with Gasteiger partial charge in [0.05, 0.1) is 23.9 Å². The largest absolute Gasteiger partial charge is 0.416 e. The van der Waals surface area contributed by atoms with Crippen LogP contribution in [0.1, 0.15) is 35.0 Å². The zero-order chi connectivity index (χ0) is 16.6. The Hall–Kier alpha value is -1.86. The Morgan fingerprint density at radius 1 is 1.35 bits per heavy atom. The van der Waals surface area contributed by atoms with Gasteiger partial charge in [-0.1, -0.05) is 17.3 Å². The van der Waals surface area contributed by atoms with E-state index in [9.17, 15) is 18.3 Å². The summed E-state index contributed by atoms with van der Waals surface area (Å²) in [6, 6.07) is 6.78. The van der Waals surface area contributed by atoms with Crippen LogP contribution in [0, 0.1) is 6.92 Å². The number of likely N-dealkylation sites (tertiary alicyclic amines) is 1. The number of nitrogens with zero attached hydrogens (tertiary/aromatic N) is 2. The van der Waals surface area contributed by atoms with Gasteiger partial charge in [-0.25, -0.2) is 0 Å². The Morgan fingerprint density at radius 2 is 2.13 bits per heavy atom. The number of aliphatic hydroxyl groups is 1. The molecule has 2 atom stereocenters. The Labute approximate surface area is 131 Å². The fraction of sp³-hybridized carbons (Fsp3) is 0.438. The number of halogens is 3. The first-order valence-corrected chi connectivity index (χ1v) is 7.34. The summed E-state index contributed by atoms with van der Waals surface area (Å²) in [7, 11) is 0. The highest BCUT2D eigenvalue weighted by Crippen LogP contribution is 2.36. The highest BCUT2D eigenvalue weighted by atomic mass is 19.4. The molecule has 1 aliphatic heterocycles. The van der Waals surface area contributed by atoms with Gasteiger partial charge in [-0.05, 0) is 31.0 Å². The second kappa shape index (κ2) is 5.98. The monoisotopic (exact) mass is 326 g/mol. The normalized spacial score (nSPS) is 22.7. The molecule has 1 fully saturated rings. The van der Waals surface area contributed by atoms with Crippen molar-refractivity contribution in [3.63, 3.8) is 0 Å². The first-order chi connectivity index (χ1) is 10.8. The number of β-amino-alcohol motifs (C(OH)–C–C–N with tert-alkyl or cyclic N) is 1. The van der Waals surface area contributed by atoms with Crippen molar-refractivity contribution in [3.05, 3.63) is 52.9 Å². The fourth-order valence-electron chi connectivity index (χ4n) is 3.01. The lowest BCUT2D eigenvalue weighted by Crippen LogP contribution is -2.24. The molecule has 1 aliphatic rings. The van der Waals surface area contributed by atoms with Crippen molar-refractivity contribution in [1.29, 1.82) is 0 Å². The van der Waals surface area contributed by atoms with Crippen LogP contribution in [0.3, 0.4) is 0 Å². The molecule has 23 heavy (non-hydrogen) atoms. The van der Waals surface area contributed by atoms with Crippen molar-refractivity contribution in [2.45, 2.75) is 38.2 Å². The molecular formula is C16H17F3N2O2. The lowest BCUT2D eigenvalue weighted by Gasteiger charge is -2.23. The van der Waals surface area contributed by atoms with E-state index in [-0.39, 0.29) is 6.04 Å². The summed E-state index contributed by atoms with van der Waals surface area (Å²) >= 11 is 0. The van der Waals surface area contributed by atoms with Crippen LogP contribution in [-0.2, 0) is 12.7 Å². The van der Waals surface area contributed by atoms with Gasteiger partial charge in [0.1, 0.15) is 0 Å². The Balaban J connectivity index is 1.84. The molecule has 1 saturated heterocycles. The summed E-state index contributed by atoms with van der Waals surface area (Å²) in [5.74, 6) is 0.633. The van der Waals surface area contributed by atoms with Crippen molar-refractivity contribution in [1.82, 2.24) is 10.1 Å². The summed E-state index contributed by atoms with van der Waals surface area (Å²) in [6.07, 6.45) is -4.55. The minimum atomic E-state index is -4.37. The second-order valence-corrected chi connectivity index (χ2v) is 5.89. The predicted octanol–water partition coefficient (Wildman–Crippen LogP) is 3.31. The molecule has 0 saturated carbocycles. The van der Waals surface area contributed by atoms with Crippen molar-refractivity contribution >= 4 is 0 Å². The van der Waals surface area contributed by atoms with Crippen LogP contribution in [0.15, 0.2) is 34.9 Å². The predicted molar refractivity (Wildman–Crippen MR) is 76.5 cm³/mol. The van der Waals surface area contributed by atoms with E-state index in [4.69, 9.17) is 4.52 Å². The van der Waals surface area contributed by atoms with E-state index in [1.165, 1.54) is 6.07 Å². The fourth-order valence-corrected chi connectivity index (χ4v) is 3.01. The van der Waals surface area contributed by atoms with Gasteiger partial charge in [-0.15, -0.1) is 0 Å². The topological polar surface area (TPSA) is 49.5 Å². The minimum absolute atomic E-state index is 0.280. The number of benzene rings is 1. The SMILES string of the molecule is Cc1cc(CN2C[C@H](O)C[C@H]2c2cccc(C(F)(F)F)c2)on1. The third kappa shape index (κ3) is 3.56. The molecule has 0 radical (unpaired) electrons. The van der Waals surface area contributed by atoms with E-state index in [1.807, 2.05) is 4.90 Å². The molecule has 1 aromatic heterocycles. The molecular weight excluding hydrogens is 309 g/mol.